The maximum atomic E-state index is 12.8. The lowest BCUT2D eigenvalue weighted by atomic mass is 10.2. The number of rotatable bonds is 10. The van der Waals surface area contributed by atoms with E-state index in [0.29, 0.717) is 11.4 Å². The fourth-order valence-corrected chi connectivity index (χ4v) is 3.60. The highest BCUT2D eigenvalue weighted by Gasteiger charge is 2.22. The molecule has 0 saturated heterocycles. The number of sulfonamides is 1. The Morgan fingerprint density at radius 3 is 2.41 bits per heavy atom. The van der Waals surface area contributed by atoms with Crippen LogP contribution >= 0.6 is 0 Å². The van der Waals surface area contributed by atoms with Gasteiger partial charge in [-0.25, -0.2) is 17.2 Å². The van der Waals surface area contributed by atoms with Gasteiger partial charge in [-0.3, -0.25) is 9.52 Å². The van der Waals surface area contributed by atoms with E-state index in [2.05, 4.69) is 4.72 Å². The van der Waals surface area contributed by atoms with Crippen molar-refractivity contribution in [2.45, 2.75) is 11.3 Å². The molecule has 7 nitrogen and oxygen atoms in total. The summed E-state index contributed by atoms with van der Waals surface area (Å²) in [6, 6.07) is 11.5. The van der Waals surface area contributed by atoms with E-state index >= 15 is 0 Å². The minimum Gasteiger partial charge on any atom is -0.497 e. The Hall–Kier alpha value is -2.72. The summed E-state index contributed by atoms with van der Waals surface area (Å²) in [4.78, 5) is 13.4. The maximum Gasteiger partial charge on any atom is 0.261 e. The van der Waals surface area contributed by atoms with Crippen LogP contribution in [0.25, 0.3) is 0 Å². The van der Waals surface area contributed by atoms with E-state index in [0.717, 1.165) is 11.0 Å². The second kappa shape index (κ2) is 10.2. The SMILES string of the molecule is COCCN(CC(F)F)C(=O)c1cccc(S(=O)(=O)Nc2ccc(OC)cc2)c1. The van der Waals surface area contributed by atoms with Crippen molar-refractivity contribution in [1.82, 2.24) is 4.90 Å². The lowest BCUT2D eigenvalue weighted by Gasteiger charge is -2.22. The molecule has 158 valence electrons. The summed E-state index contributed by atoms with van der Waals surface area (Å²) in [7, 11) is -1.11. The van der Waals surface area contributed by atoms with Gasteiger partial charge in [0, 0.05) is 24.9 Å². The van der Waals surface area contributed by atoms with Gasteiger partial charge >= 0.3 is 0 Å². The van der Waals surface area contributed by atoms with Gasteiger partial charge < -0.3 is 14.4 Å². The molecule has 0 aliphatic rings. The number of alkyl halides is 2. The number of methoxy groups -OCH3 is 2. The van der Waals surface area contributed by atoms with Gasteiger partial charge in [-0.05, 0) is 42.5 Å². The predicted octanol–water partition coefficient (Wildman–Crippen LogP) is 2.85. The highest BCUT2D eigenvalue weighted by molar-refractivity contribution is 7.92. The Bertz CT molecular complexity index is 920. The van der Waals surface area contributed by atoms with E-state index in [4.69, 9.17) is 9.47 Å². The van der Waals surface area contributed by atoms with E-state index in [1.54, 1.807) is 12.1 Å². The molecule has 0 saturated carbocycles. The first-order valence-corrected chi connectivity index (χ1v) is 10.1. The first-order chi connectivity index (χ1) is 13.8. The van der Waals surface area contributed by atoms with Gasteiger partial charge in [-0.15, -0.1) is 0 Å². The van der Waals surface area contributed by atoms with Crippen molar-refractivity contribution in [2.24, 2.45) is 0 Å². The third-order valence-corrected chi connectivity index (χ3v) is 5.32. The molecular formula is C19H22F2N2O5S. The number of carbonyl (C=O) groups is 1. The molecule has 2 aromatic rings. The van der Waals surface area contributed by atoms with E-state index in [1.165, 1.54) is 44.6 Å². The van der Waals surface area contributed by atoms with Crippen LogP contribution in [0.1, 0.15) is 10.4 Å². The van der Waals surface area contributed by atoms with Crippen molar-refractivity contribution in [1.29, 1.82) is 0 Å². The fraction of sp³-hybridized carbons (Fsp3) is 0.316. The normalized spacial score (nSPS) is 11.3. The number of anilines is 1. The Balaban J connectivity index is 2.24. The number of nitrogens with zero attached hydrogens (tertiary/aromatic N) is 1. The number of ether oxygens (including phenoxy) is 2. The first kappa shape index (κ1) is 22.6. The summed E-state index contributed by atoms with van der Waals surface area (Å²) in [5.74, 6) is -0.139. The van der Waals surface area contributed by atoms with Gasteiger partial charge in [0.15, 0.2) is 0 Å². The third kappa shape index (κ3) is 6.40. The molecule has 0 radical (unpaired) electrons. The van der Waals surface area contributed by atoms with Crippen LogP contribution in [0.5, 0.6) is 5.75 Å². The Kier molecular flexibility index (Phi) is 7.91. The van der Waals surface area contributed by atoms with Crippen LogP contribution in [0, 0.1) is 0 Å². The Labute approximate surface area is 168 Å². The number of nitrogens with one attached hydrogen (secondary N) is 1. The summed E-state index contributed by atoms with van der Waals surface area (Å²) in [5.41, 5.74) is 0.293. The molecule has 0 aliphatic carbocycles. The first-order valence-electron chi connectivity index (χ1n) is 8.60. The van der Waals surface area contributed by atoms with E-state index in [-0.39, 0.29) is 23.6 Å². The molecule has 1 amide bonds. The summed E-state index contributed by atoms with van der Waals surface area (Å²) in [6.07, 6.45) is -2.72. The summed E-state index contributed by atoms with van der Waals surface area (Å²) >= 11 is 0. The number of hydrogen-bond acceptors (Lipinski definition) is 5. The third-order valence-electron chi connectivity index (χ3n) is 3.94. The van der Waals surface area contributed by atoms with Gasteiger partial charge in [0.25, 0.3) is 22.4 Å². The molecule has 0 bridgehead atoms. The van der Waals surface area contributed by atoms with Crippen molar-refractivity contribution < 1.29 is 31.5 Å². The molecule has 0 aliphatic heterocycles. The average molecular weight is 428 g/mol. The van der Waals surface area contributed by atoms with Crippen molar-refractivity contribution in [3.63, 3.8) is 0 Å². The number of carbonyl (C=O) groups excluding carboxylic acids is 1. The van der Waals surface area contributed by atoms with Crippen molar-refractivity contribution in [2.75, 3.05) is 38.6 Å². The molecule has 0 atom stereocenters. The standard InChI is InChI=1S/C19H22F2N2O5S/c1-27-11-10-23(13-18(20)21)19(24)14-4-3-5-17(12-14)29(25,26)22-15-6-8-16(28-2)9-7-15/h3-9,12,18,22H,10-11,13H2,1-2H3. The number of hydrogen-bond donors (Lipinski definition) is 1. The topological polar surface area (TPSA) is 84.9 Å². The van der Waals surface area contributed by atoms with Crippen molar-refractivity contribution >= 4 is 21.6 Å². The molecule has 0 spiro atoms. The highest BCUT2D eigenvalue weighted by atomic mass is 32.2. The quantitative estimate of drug-likeness (QED) is 0.629. The largest absolute Gasteiger partial charge is 0.497 e. The summed E-state index contributed by atoms with van der Waals surface area (Å²) in [5, 5.41) is 0. The second-order valence-corrected chi connectivity index (χ2v) is 7.68. The highest BCUT2D eigenvalue weighted by Crippen LogP contribution is 2.20. The zero-order valence-corrected chi connectivity index (χ0v) is 16.8. The molecule has 29 heavy (non-hydrogen) atoms. The van der Waals surface area contributed by atoms with Gasteiger partial charge in [0.1, 0.15) is 5.75 Å². The molecular weight excluding hydrogens is 406 g/mol. The van der Waals surface area contributed by atoms with Crippen LogP contribution < -0.4 is 9.46 Å². The monoisotopic (exact) mass is 428 g/mol. The molecule has 2 aromatic carbocycles. The second-order valence-electron chi connectivity index (χ2n) is 6.00. The lowest BCUT2D eigenvalue weighted by molar-refractivity contribution is 0.0478. The lowest BCUT2D eigenvalue weighted by Crippen LogP contribution is -2.37. The number of amides is 1. The van der Waals surface area contributed by atoms with E-state index < -0.39 is 28.9 Å². The van der Waals surface area contributed by atoms with Gasteiger partial charge in [-0.2, -0.15) is 0 Å². The van der Waals surface area contributed by atoms with Gasteiger partial charge in [0.05, 0.1) is 25.2 Å². The smallest absolute Gasteiger partial charge is 0.261 e. The van der Waals surface area contributed by atoms with Crippen molar-refractivity contribution in [3.8, 4) is 5.75 Å². The molecule has 1 N–H and O–H groups in total. The molecule has 10 heteroatoms. The fourth-order valence-electron chi connectivity index (χ4n) is 2.50. The van der Waals surface area contributed by atoms with Crippen LogP contribution in [0.2, 0.25) is 0 Å². The van der Waals surface area contributed by atoms with Crippen LogP contribution in [-0.2, 0) is 14.8 Å². The van der Waals surface area contributed by atoms with E-state index in [9.17, 15) is 22.0 Å². The van der Waals surface area contributed by atoms with Crippen LogP contribution in [0.15, 0.2) is 53.4 Å². The van der Waals surface area contributed by atoms with Gasteiger partial charge in [-0.1, -0.05) is 6.07 Å². The summed E-state index contributed by atoms with van der Waals surface area (Å²) < 4.78 is 63.2. The molecule has 0 fully saturated rings. The molecule has 2 rings (SSSR count). The van der Waals surface area contributed by atoms with E-state index in [1.807, 2.05) is 0 Å². The molecule has 0 unspecified atom stereocenters. The van der Waals surface area contributed by atoms with Crippen LogP contribution in [-0.4, -0.2) is 59.6 Å². The molecule has 0 aromatic heterocycles. The molecule has 0 heterocycles. The minimum atomic E-state index is -3.99. The van der Waals surface area contributed by atoms with Gasteiger partial charge in [0.2, 0.25) is 0 Å². The average Bonchev–Trinajstić information content (AvgIpc) is 2.70. The Morgan fingerprint density at radius 2 is 1.83 bits per heavy atom. The summed E-state index contributed by atoms with van der Waals surface area (Å²) in [6.45, 7) is -0.737. The zero-order chi connectivity index (χ0) is 21.4. The predicted molar refractivity (Wildman–Crippen MR) is 104 cm³/mol. The maximum absolute atomic E-state index is 12.8. The van der Waals surface area contributed by atoms with Crippen LogP contribution in [0.4, 0.5) is 14.5 Å². The zero-order valence-electron chi connectivity index (χ0n) is 16.0. The van der Waals surface area contributed by atoms with Crippen LogP contribution in [0.3, 0.4) is 0 Å². The Morgan fingerprint density at radius 1 is 1.14 bits per heavy atom. The van der Waals surface area contributed by atoms with Crippen molar-refractivity contribution in [3.05, 3.63) is 54.1 Å². The minimum absolute atomic E-state index is 0.0145. The number of halogens is 2. The number of benzene rings is 2.